The molecule has 0 spiro atoms. The Morgan fingerprint density at radius 1 is 1.43 bits per heavy atom. The van der Waals surface area contributed by atoms with Crippen molar-refractivity contribution in [3.63, 3.8) is 0 Å². The number of nitrogens with one attached hydrogen (secondary N) is 2. The number of imide groups is 1. The second kappa shape index (κ2) is 6.43. The minimum absolute atomic E-state index is 0.0252. The van der Waals surface area contributed by atoms with Gasteiger partial charge < -0.3 is 15.7 Å². The standard InChI is InChI=1S/C14H25N3O4/c1-5-7-14(4,21)9-15-10(18)6-8-17-11(19)13(2,3)16-12(17)20/h21H,5-9H2,1-4H3,(H,15,18)(H,16,20). The van der Waals surface area contributed by atoms with E-state index < -0.39 is 17.2 Å². The van der Waals surface area contributed by atoms with Crippen LogP contribution in [0.25, 0.3) is 0 Å². The quantitative estimate of drug-likeness (QED) is 0.592. The highest BCUT2D eigenvalue weighted by Crippen LogP contribution is 2.16. The van der Waals surface area contributed by atoms with Crippen LogP contribution in [0.4, 0.5) is 4.79 Å². The number of hydrogen-bond donors (Lipinski definition) is 3. The van der Waals surface area contributed by atoms with Crippen LogP contribution in [0.15, 0.2) is 0 Å². The van der Waals surface area contributed by atoms with Gasteiger partial charge in [0.2, 0.25) is 5.91 Å². The van der Waals surface area contributed by atoms with Crippen molar-refractivity contribution in [1.29, 1.82) is 0 Å². The minimum Gasteiger partial charge on any atom is -0.388 e. The zero-order valence-electron chi connectivity index (χ0n) is 13.2. The molecule has 1 aliphatic heterocycles. The van der Waals surface area contributed by atoms with Crippen molar-refractivity contribution in [1.82, 2.24) is 15.5 Å². The number of aliphatic hydroxyl groups is 1. The van der Waals surface area contributed by atoms with Crippen molar-refractivity contribution >= 4 is 17.8 Å². The van der Waals surface area contributed by atoms with Gasteiger partial charge in [-0.15, -0.1) is 0 Å². The molecule has 1 fully saturated rings. The normalized spacial score (nSPS) is 20.1. The van der Waals surface area contributed by atoms with Crippen molar-refractivity contribution < 1.29 is 19.5 Å². The third-order valence-corrected chi connectivity index (χ3v) is 3.46. The number of carbonyl (C=O) groups is 3. The highest BCUT2D eigenvalue weighted by atomic mass is 16.3. The van der Waals surface area contributed by atoms with Gasteiger partial charge in [-0.1, -0.05) is 13.3 Å². The van der Waals surface area contributed by atoms with Crippen LogP contribution in [0.2, 0.25) is 0 Å². The zero-order chi connectivity index (χ0) is 16.3. The second-order valence-electron chi connectivity index (χ2n) is 6.29. The SMILES string of the molecule is CCCC(C)(O)CNC(=O)CCN1C(=O)NC(C)(C)C1=O. The summed E-state index contributed by atoms with van der Waals surface area (Å²) in [7, 11) is 0. The summed E-state index contributed by atoms with van der Waals surface area (Å²) in [6, 6.07) is -0.476. The van der Waals surface area contributed by atoms with Gasteiger partial charge in [-0.2, -0.15) is 0 Å². The highest BCUT2D eigenvalue weighted by molar-refractivity contribution is 6.06. The van der Waals surface area contributed by atoms with E-state index in [2.05, 4.69) is 10.6 Å². The van der Waals surface area contributed by atoms with Gasteiger partial charge in [-0.3, -0.25) is 14.5 Å². The Kier molecular flexibility index (Phi) is 5.33. The Morgan fingerprint density at radius 3 is 2.52 bits per heavy atom. The molecule has 1 atom stereocenters. The van der Waals surface area contributed by atoms with Crippen LogP contribution >= 0.6 is 0 Å². The number of nitrogens with zero attached hydrogens (tertiary/aromatic N) is 1. The van der Waals surface area contributed by atoms with Crippen molar-refractivity contribution in [2.24, 2.45) is 0 Å². The molecule has 4 amide bonds. The molecule has 0 bridgehead atoms. The molecule has 7 heteroatoms. The van der Waals surface area contributed by atoms with Crippen LogP contribution in [-0.4, -0.2) is 52.1 Å². The Morgan fingerprint density at radius 2 is 2.05 bits per heavy atom. The van der Waals surface area contributed by atoms with Gasteiger partial charge in [0.15, 0.2) is 0 Å². The minimum atomic E-state index is -0.937. The van der Waals surface area contributed by atoms with Crippen LogP contribution in [0.3, 0.4) is 0 Å². The molecule has 0 aromatic carbocycles. The Bertz CT molecular complexity index is 432. The first-order valence-corrected chi connectivity index (χ1v) is 7.22. The van der Waals surface area contributed by atoms with Crippen molar-refractivity contribution in [2.75, 3.05) is 13.1 Å². The Balaban J connectivity index is 2.41. The molecule has 0 aliphatic carbocycles. The lowest BCUT2D eigenvalue weighted by Crippen LogP contribution is -2.42. The maximum absolute atomic E-state index is 11.9. The lowest BCUT2D eigenvalue weighted by Gasteiger charge is -2.23. The first-order chi connectivity index (χ1) is 9.59. The van der Waals surface area contributed by atoms with Gasteiger partial charge >= 0.3 is 6.03 Å². The van der Waals surface area contributed by atoms with Gasteiger partial charge in [0.05, 0.1) is 5.60 Å². The Hall–Kier alpha value is -1.63. The summed E-state index contributed by atoms with van der Waals surface area (Å²) < 4.78 is 0. The van der Waals surface area contributed by atoms with Crippen molar-refractivity contribution in [3.05, 3.63) is 0 Å². The second-order valence-corrected chi connectivity index (χ2v) is 6.29. The molecular weight excluding hydrogens is 274 g/mol. The molecule has 0 radical (unpaired) electrons. The molecule has 1 heterocycles. The molecule has 0 aromatic heterocycles. The number of rotatable bonds is 7. The summed E-state index contributed by atoms with van der Waals surface area (Å²) in [6.07, 6.45) is 1.44. The molecule has 1 saturated heterocycles. The Labute approximate surface area is 125 Å². The van der Waals surface area contributed by atoms with Gasteiger partial charge in [-0.25, -0.2) is 4.79 Å². The maximum atomic E-state index is 11.9. The van der Waals surface area contributed by atoms with E-state index in [-0.39, 0.29) is 31.3 Å². The number of carbonyl (C=O) groups excluding carboxylic acids is 3. The topological polar surface area (TPSA) is 98.7 Å². The van der Waals surface area contributed by atoms with E-state index in [1.54, 1.807) is 20.8 Å². The molecule has 21 heavy (non-hydrogen) atoms. The van der Waals surface area contributed by atoms with Crippen LogP contribution in [0.5, 0.6) is 0 Å². The van der Waals surface area contributed by atoms with E-state index in [9.17, 15) is 19.5 Å². The predicted molar refractivity (Wildman–Crippen MR) is 77.5 cm³/mol. The first-order valence-electron chi connectivity index (χ1n) is 7.22. The summed E-state index contributed by atoms with van der Waals surface area (Å²) in [5.41, 5.74) is -1.86. The van der Waals surface area contributed by atoms with E-state index in [1.165, 1.54) is 0 Å². The van der Waals surface area contributed by atoms with E-state index in [0.717, 1.165) is 11.3 Å². The van der Waals surface area contributed by atoms with Gasteiger partial charge in [0.1, 0.15) is 5.54 Å². The molecule has 120 valence electrons. The van der Waals surface area contributed by atoms with Crippen LogP contribution in [-0.2, 0) is 9.59 Å². The van der Waals surface area contributed by atoms with Crippen LogP contribution in [0, 0.1) is 0 Å². The number of urea groups is 1. The number of hydrogen-bond acceptors (Lipinski definition) is 4. The third kappa shape index (κ3) is 4.70. The largest absolute Gasteiger partial charge is 0.388 e. The summed E-state index contributed by atoms with van der Waals surface area (Å²) in [5.74, 6) is -0.630. The molecule has 3 N–H and O–H groups in total. The summed E-state index contributed by atoms with van der Waals surface area (Å²) in [6.45, 7) is 7.05. The van der Waals surface area contributed by atoms with E-state index in [1.807, 2.05) is 6.92 Å². The van der Waals surface area contributed by atoms with Crippen LogP contribution in [0.1, 0.15) is 47.0 Å². The van der Waals surface area contributed by atoms with Gasteiger partial charge in [0.25, 0.3) is 5.91 Å². The summed E-state index contributed by atoms with van der Waals surface area (Å²) in [5, 5.41) is 15.1. The molecule has 0 aromatic rings. The molecular formula is C14H25N3O4. The lowest BCUT2D eigenvalue weighted by atomic mass is 10.0. The monoisotopic (exact) mass is 299 g/mol. The van der Waals surface area contributed by atoms with E-state index in [0.29, 0.717) is 6.42 Å². The lowest BCUT2D eigenvalue weighted by molar-refractivity contribution is -0.130. The van der Waals surface area contributed by atoms with Crippen molar-refractivity contribution in [3.8, 4) is 0 Å². The van der Waals surface area contributed by atoms with Gasteiger partial charge in [-0.05, 0) is 27.2 Å². The van der Waals surface area contributed by atoms with E-state index in [4.69, 9.17) is 0 Å². The summed E-state index contributed by atoms with van der Waals surface area (Å²) >= 11 is 0. The molecule has 7 nitrogen and oxygen atoms in total. The fourth-order valence-electron chi connectivity index (χ4n) is 2.24. The fraction of sp³-hybridized carbons (Fsp3) is 0.786. The number of amides is 4. The zero-order valence-corrected chi connectivity index (χ0v) is 13.2. The van der Waals surface area contributed by atoms with E-state index >= 15 is 0 Å². The van der Waals surface area contributed by atoms with Crippen molar-refractivity contribution in [2.45, 2.75) is 58.1 Å². The van der Waals surface area contributed by atoms with Gasteiger partial charge in [0, 0.05) is 19.5 Å². The maximum Gasteiger partial charge on any atom is 0.325 e. The predicted octanol–water partition coefficient (Wildman–Crippen LogP) is 0.374. The highest BCUT2D eigenvalue weighted by Gasteiger charge is 2.43. The summed E-state index contributed by atoms with van der Waals surface area (Å²) in [4.78, 5) is 36.3. The fourth-order valence-corrected chi connectivity index (χ4v) is 2.24. The average molecular weight is 299 g/mol. The molecule has 1 rings (SSSR count). The molecule has 1 unspecified atom stereocenters. The average Bonchev–Trinajstić information content (AvgIpc) is 2.54. The molecule has 1 aliphatic rings. The molecule has 0 saturated carbocycles. The van der Waals surface area contributed by atoms with Crippen LogP contribution < -0.4 is 10.6 Å². The first kappa shape index (κ1) is 17.4. The third-order valence-electron chi connectivity index (χ3n) is 3.46. The smallest absolute Gasteiger partial charge is 0.325 e.